The molecular formula is C19H27N5O4S. The largest absolute Gasteiger partial charge is 0.491 e. The Kier molecular flexibility index (Phi) is 7.10. The molecule has 2 aromatic rings. The summed E-state index contributed by atoms with van der Waals surface area (Å²) in [5.74, 6) is 1.47. The van der Waals surface area contributed by atoms with Crippen LogP contribution in [0.15, 0.2) is 46.1 Å². The fourth-order valence-corrected chi connectivity index (χ4v) is 4.57. The van der Waals surface area contributed by atoms with Gasteiger partial charge in [0.1, 0.15) is 24.4 Å². The van der Waals surface area contributed by atoms with Crippen molar-refractivity contribution in [1.82, 2.24) is 19.7 Å². The van der Waals surface area contributed by atoms with Gasteiger partial charge in [0.2, 0.25) is 10.0 Å². The number of aliphatic imine (C=N–C) groups is 1. The van der Waals surface area contributed by atoms with Gasteiger partial charge in [-0.25, -0.2) is 8.42 Å². The van der Waals surface area contributed by atoms with Crippen LogP contribution in [0.1, 0.15) is 11.3 Å². The fraction of sp³-hybridized carbons (Fsp3) is 0.474. The van der Waals surface area contributed by atoms with Crippen LogP contribution in [0.2, 0.25) is 0 Å². The first-order valence-electron chi connectivity index (χ1n) is 9.51. The lowest BCUT2D eigenvalue weighted by Crippen LogP contribution is -2.54. The molecule has 10 heteroatoms. The number of para-hydroxylation sites is 1. The van der Waals surface area contributed by atoms with Crippen molar-refractivity contribution >= 4 is 16.0 Å². The van der Waals surface area contributed by atoms with Gasteiger partial charge < -0.3 is 19.5 Å². The predicted octanol–water partition coefficient (Wildman–Crippen LogP) is 1.08. The van der Waals surface area contributed by atoms with Gasteiger partial charge in [-0.05, 0) is 18.6 Å². The van der Waals surface area contributed by atoms with Gasteiger partial charge in [0.05, 0.1) is 12.2 Å². The number of hydrogen-bond acceptors (Lipinski definition) is 6. The summed E-state index contributed by atoms with van der Waals surface area (Å²) < 4.78 is 37.1. The molecule has 29 heavy (non-hydrogen) atoms. The normalized spacial score (nSPS) is 16.1. The molecule has 2 heterocycles. The highest BCUT2D eigenvalue weighted by Gasteiger charge is 2.28. The number of aromatic nitrogens is 1. The van der Waals surface area contributed by atoms with Crippen LogP contribution < -0.4 is 10.1 Å². The lowest BCUT2D eigenvalue weighted by Gasteiger charge is -2.35. The van der Waals surface area contributed by atoms with Crippen LogP contribution in [0, 0.1) is 6.92 Å². The van der Waals surface area contributed by atoms with Gasteiger partial charge in [-0.1, -0.05) is 23.4 Å². The van der Waals surface area contributed by atoms with E-state index >= 15 is 0 Å². The highest BCUT2D eigenvalue weighted by molar-refractivity contribution is 7.88. The molecule has 158 valence electrons. The summed E-state index contributed by atoms with van der Waals surface area (Å²) in [6.07, 6.45) is 1.38. The Morgan fingerprint density at radius 2 is 2.00 bits per heavy atom. The number of hydrogen-bond donors (Lipinski definition) is 1. The minimum Gasteiger partial charge on any atom is -0.491 e. The minimum absolute atomic E-state index is 0.146. The van der Waals surface area contributed by atoms with E-state index in [9.17, 15) is 8.42 Å². The van der Waals surface area contributed by atoms with Crippen LogP contribution in [0.5, 0.6) is 5.75 Å². The molecule has 1 N–H and O–H groups in total. The molecule has 1 aliphatic heterocycles. The van der Waals surface area contributed by atoms with E-state index in [1.54, 1.807) is 13.1 Å². The van der Waals surface area contributed by atoms with E-state index < -0.39 is 10.0 Å². The molecule has 0 spiro atoms. The number of aryl methyl sites for hydroxylation is 1. The molecule has 0 bridgehead atoms. The van der Waals surface area contributed by atoms with Gasteiger partial charge in [0, 0.05) is 39.3 Å². The van der Waals surface area contributed by atoms with Crippen LogP contribution in [-0.2, 0) is 15.8 Å². The maximum Gasteiger partial charge on any atom is 0.220 e. The molecule has 0 aliphatic carbocycles. The van der Waals surface area contributed by atoms with Gasteiger partial charge in [0.25, 0.3) is 0 Å². The van der Waals surface area contributed by atoms with E-state index in [0.717, 1.165) is 17.3 Å². The third kappa shape index (κ3) is 5.70. The SMILES string of the molecule is CN=C(NCCOc1ccccc1C)N1CCN(S(=O)(=O)Cc2ccon2)CC1. The molecule has 0 saturated carbocycles. The smallest absolute Gasteiger partial charge is 0.220 e. The highest BCUT2D eigenvalue weighted by Crippen LogP contribution is 2.16. The standard InChI is InChI=1S/C19H27N5O4S/c1-16-5-3-4-6-18(16)27-14-8-21-19(20-2)23-9-11-24(12-10-23)29(25,26)15-17-7-13-28-22-17/h3-7,13H,8-12,14-15H2,1-2H3,(H,20,21). The van der Waals surface area contributed by atoms with E-state index in [2.05, 4.69) is 20.4 Å². The Labute approximate surface area is 171 Å². The molecule has 0 unspecified atom stereocenters. The average molecular weight is 422 g/mol. The van der Waals surface area contributed by atoms with E-state index in [0.29, 0.717) is 45.0 Å². The first-order valence-corrected chi connectivity index (χ1v) is 11.1. The number of nitrogens with zero attached hydrogens (tertiary/aromatic N) is 4. The average Bonchev–Trinajstić information content (AvgIpc) is 3.22. The number of benzene rings is 1. The highest BCUT2D eigenvalue weighted by atomic mass is 32.2. The van der Waals surface area contributed by atoms with E-state index in [1.165, 1.54) is 10.6 Å². The Morgan fingerprint density at radius 1 is 1.24 bits per heavy atom. The van der Waals surface area contributed by atoms with Crippen LogP contribution in [0.4, 0.5) is 0 Å². The Morgan fingerprint density at radius 3 is 2.66 bits per heavy atom. The number of piperazine rings is 1. The molecule has 1 saturated heterocycles. The lowest BCUT2D eigenvalue weighted by molar-refractivity contribution is 0.257. The summed E-state index contributed by atoms with van der Waals surface area (Å²) in [6.45, 7) is 5.06. The molecule has 1 aromatic heterocycles. The quantitative estimate of drug-likeness (QED) is 0.406. The van der Waals surface area contributed by atoms with Crippen molar-refractivity contribution in [3.05, 3.63) is 47.9 Å². The summed E-state index contributed by atoms with van der Waals surface area (Å²) in [5.41, 5.74) is 1.51. The van der Waals surface area contributed by atoms with E-state index in [1.807, 2.05) is 31.2 Å². The summed E-state index contributed by atoms with van der Waals surface area (Å²) in [4.78, 5) is 6.36. The number of sulfonamides is 1. The second kappa shape index (κ2) is 9.75. The summed E-state index contributed by atoms with van der Waals surface area (Å²) in [5, 5.41) is 6.97. The zero-order valence-electron chi connectivity index (χ0n) is 16.7. The predicted molar refractivity (Wildman–Crippen MR) is 110 cm³/mol. The van der Waals surface area contributed by atoms with Crippen LogP contribution in [-0.4, -0.2) is 75.1 Å². The summed E-state index contributed by atoms with van der Waals surface area (Å²) in [6, 6.07) is 9.46. The molecule has 1 aliphatic rings. The maximum absolute atomic E-state index is 12.5. The first-order chi connectivity index (χ1) is 14.0. The minimum atomic E-state index is -3.41. The summed E-state index contributed by atoms with van der Waals surface area (Å²) in [7, 11) is -1.69. The van der Waals surface area contributed by atoms with Gasteiger partial charge in [-0.2, -0.15) is 4.31 Å². The van der Waals surface area contributed by atoms with Crippen molar-refractivity contribution in [2.75, 3.05) is 46.4 Å². The third-order valence-corrected chi connectivity index (χ3v) is 6.51. The summed E-state index contributed by atoms with van der Waals surface area (Å²) >= 11 is 0. The molecule has 1 aromatic carbocycles. The van der Waals surface area contributed by atoms with E-state index in [4.69, 9.17) is 9.26 Å². The second-order valence-electron chi connectivity index (χ2n) is 6.72. The Balaban J connectivity index is 1.44. The zero-order valence-corrected chi connectivity index (χ0v) is 17.6. The van der Waals surface area contributed by atoms with Gasteiger partial charge in [0.15, 0.2) is 5.96 Å². The number of guanidine groups is 1. The van der Waals surface area contributed by atoms with Crippen molar-refractivity contribution in [1.29, 1.82) is 0 Å². The Hall–Kier alpha value is -2.59. The second-order valence-corrected chi connectivity index (χ2v) is 8.69. The van der Waals surface area contributed by atoms with Crippen LogP contribution >= 0.6 is 0 Å². The number of rotatable bonds is 7. The fourth-order valence-electron chi connectivity index (χ4n) is 3.14. The molecule has 0 atom stereocenters. The molecule has 1 fully saturated rings. The van der Waals surface area contributed by atoms with Crippen molar-refractivity contribution in [2.24, 2.45) is 4.99 Å². The molecule has 0 amide bonds. The lowest BCUT2D eigenvalue weighted by atomic mass is 10.2. The number of nitrogens with one attached hydrogen (secondary N) is 1. The van der Waals surface area contributed by atoms with Gasteiger partial charge in [-0.3, -0.25) is 4.99 Å². The monoisotopic (exact) mass is 421 g/mol. The van der Waals surface area contributed by atoms with Gasteiger partial charge in [-0.15, -0.1) is 0 Å². The third-order valence-electron chi connectivity index (χ3n) is 4.70. The molecule has 0 radical (unpaired) electrons. The zero-order chi connectivity index (χ0) is 20.7. The molecular weight excluding hydrogens is 394 g/mol. The van der Waals surface area contributed by atoms with Gasteiger partial charge >= 0.3 is 0 Å². The van der Waals surface area contributed by atoms with Crippen molar-refractivity contribution in [2.45, 2.75) is 12.7 Å². The number of ether oxygens (including phenoxy) is 1. The van der Waals surface area contributed by atoms with E-state index in [-0.39, 0.29) is 5.75 Å². The van der Waals surface area contributed by atoms with Crippen molar-refractivity contribution < 1.29 is 17.7 Å². The maximum atomic E-state index is 12.5. The first kappa shape index (κ1) is 21.1. The molecule has 9 nitrogen and oxygen atoms in total. The topological polar surface area (TPSA) is 100 Å². The van der Waals surface area contributed by atoms with Crippen LogP contribution in [0.3, 0.4) is 0 Å². The Bertz CT molecular complexity index is 906. The van der Waals surface area contributed by atoms with Crippen molar-refractivity contribution in [3.8, 4) is 5.75 Å². The molecule has 3 rings (SSSR count). The van der Waals surface area contributed by atoms with Crippen molar-refractivity contribution in [3.63, 3.8) is 0 Å². The van der Waals surface area contributed by atoms with Crippen LogP contribution in [0.25, 0.3) is 0 Å².